The molecule has 7 nitrogen and oxygen atoms in total. The summed E-state index contributed by atoms with van der Waals surface area (Å²) in [5.74, 6) is -0.309. The summed E-state index contributed by atoms with van der Waals surface area (Å²) in [6.07, 6.45) is 0.950. The lowest BCUT2D eigenvalue weighted by atomic mass is 10.1. The van der Waals surface area contributed by atoms with Crippen LogP contribution in [-0.4, -0.2) is 33.5 Å². The maximum absolute atomic E-state index is 12.1. The monoisotopic (exact) mass is 335 g/mol. The molecule has 0 saturated carbocycles. The van der Waals surface area contributed by atoms with Gasteiger partial charge in [0.2, 0.25) is 20.0 Å². The van der Waals surface area contributed by atoms with E-state index in [1.807, 2.05) is 0 Å². The molecule has 0 atom stereocenters. The quantitative estimate of drug-likeness (QED) is 0.689. The minimum Gasteiger partial charge on any atom is -0.326 e. The SMILES string of the molecule is CC(C)N(NS(=O)(=O)Cc1ccc(CN)cc1)S(C)(=O)=O. The van der Waals surface area contributed by atoms with E-state index in [1.54, 1.807) is 38.1 Å². The third-order valence-corrected chi connectivity index (χ3v) is 5.20. The Kier molecular flexibility index (Phi) is 5.88. The number of nitrogens with two attached hydrogens (primary N) is 1. The molecule has 0 aromatic heterocycles. The van der Waals surface area contributed by atoms with Gasteiger partial charge in [-0.2, -0.15) is 0 Å². The van der Waals surface area contributed by atoms with Crippen molar-refractivity contribution in [1.29, 1.82) is 0 Å². The van der Waals surface area contributed by atoms with Gasteiger partial charge in [0, 0.05) is 12.6 Å². The van der Waals surface area contributed by atoms with Crippen LogP contribution in [0.2, 0.25) is 0 Å². The molecule has 120 valence electrons. The standard InChI is InChI=1S/C12H21N3O4S2/c1-10(2)15(20(3,16)17)14-21(18,19)9-12-6-4-11(8-13)5-7-12/h4-7,10,14H,8-9,13H2,1-3H3. The maximum Gasteiger partial charge on any atom is 0.229 e. The summed E-state index contributed by atoms with van der Waals surface area (Å²) >= 11 is 0. The highest BCUT2D eigenvalue weighted by Gasteiger charge is 2.25. The minimum atomic E-state index is -3.82. The van der Waals surface area contributed by atoms with Gasteiger partial charge in [-0.05, 0) is 25.0 Å². The third kappa shape index (κ3) is 5.71. The first-order valence-corrected chi connectivity index (χ1v) is 9.82. The summed E-state index contributed by atoms with van der Waals surface area (Å²) in [6, 6.07) is 6.27. The number of benzene rings is 1. The summed E-state index contributed by atoms with van der Waals surface area (Å²) in [6.45, 7) is 3.54. The summed E-state index contributed by atoms with van der Waals surface area (Å²) in [7, 11) is -7.49. The number of rotatable bonds is 7. The van der Waals surface area contributed by atoms with Crippen LogP contribution < -0.4 is 10.6 Å². The van der Waals surface area contributed by atoms with Gasteiger partial charge in [0.1, 0.15) is 0 Å². The first-order chi connectivity index (χ1) is 9.55. The second kappa shape index (κ2) is 6.84. The molecule has 0 aliphatic heterocycles. The van der Waals surface area contributed by atoms with Crippen molar-refractivity contribution >= 4 is 20.0 Å². The van der Waals surface area contributed by atoms with Crippen LogP contribution in [0.5, 0.6) is 0 Å². The third-order valence-electron chi connectivity index (χ3n) is 2.67. The topological polar surface area (TPSA) is 110 Å². The molecule has 0 unspecified atom stereocenters. The van der Waals surface area contributed by atoms with E-state index in [0.717, 1.165) is 16.2 Å². The molecule has 0 radical (unpaired) electrons. The number of hydrogen-bond donors (Lipinski definition) is 2. The zero-order valence-electron chi connectivity index (χ0n) is 12.3. The Balaban J connectivity index is 2.90. The predicted octanol–water partition coefficient (Wildman–Crippen LogP) is 0.150. The van der Waals surface area contributed by atoms with Crippen LogP contribution in [0.15, 0.2) is 24.3 Å². The Bertz CT molecular complexity index is 667. The normalized spacial score (nSPS) is 13.0. The first-order valence-electron chi connectivity index (χ1n) is 6.32. The van der Waals surface area contributed by atoms with Crippen molar-refractivity contribution in [3.05, 3.63) is 35.4 Å². The Morgan fingerprint density at radius 1 is 1.10 bits per heavy atom. The van der Waals surface area contributed by atoms with Crippen molar-refractivity contribution in [3.8, 4) is 0 Å². The summed E-state index contributed by atoms with van der Waals surface area (Å²) in [5, 5.41) is 0. The van der Waals surface area contributed by atoms with Crippen LogP contribution in [0, 0.1) is 0 Å². The molecule has 21 heavy (non-hydrogen) atoms. The molecule has 3 N–H and O–H groups in total. The van der Waals surface area contributed by atoms with Crippen LogP contribution in [0.25, 0.3) is 0 Å². The zero-order valence-corrected chi connectivity index (χ0v) is 13.9. The van der Waals surface area contributed by atoms with Gasteiger partial charge in [0.05, 0.1) is 12.0 Å². The minimum absolute atomic E-state index is 0.309. The molecule has 0 amide bonds. The van der Waals surface area contributed by atoms with E-state index >= 15 is 0 Å². The summed E-state index contributed by atoms with van der Waals surface area (Å²) < 4.78 is 48.0. The lowest BCUT2D eigenvalue weighted by Gasteiger charge is -2.24. The van der Waals surface area contributed by atoms with Crippen molar-refractivity contribution in [2.45, 2.75) is 32.2 Å². The molecule has 0 spiro atoms. The van der Waals surface area contributed by atoms with Crippen molar-refractivity contribution in [2.75, 3.05) is 6.26 Å². The number of hydrogen-bond acceptors (Lipinski definition) is 5. The fourth-order valence-electron chi connectivity index (χ4n) is 1.72. The van der Waals surface area contributed by atoms with E-state index < -0.39 is 26.1 Å². The van der Waals surface area contributed by atoms with Crippen molar-refractivity contribution in [2.24, 2.45) is 5.73 Å². The fraction of sp³-hybridized carbons (Fsp3) is 0.500. The van der Waals surface area contributed by atoms with Gasteiger partial charge >= 0.3 is 0 Å². The van der Waals surface area contributed by atoms with Crippen molar-refractivity contribution in [1.82, 2.24) is 9.25 Å². The summed E-state index contributed by atoms with van der Waals surface area (Å²) in [4.78, 5) is 2.10. The molecule has 0 heterocycles. The van der Waals surface area contributed by atoms with E-state index in [-0.39, 0.29) is 5.75 Å². The molecule has 0 aliphatic carbocycles. The molecule has 0 saturated heterocycles. The van der Waals surface area contributed by atoms with E-state index in [0.29, 0.717) is 12.1 Å². The van der Waals surface area contributed by atoms with E-state index in [2.05, 4.69) is 4.83 Å². The second-order valence-electron chi connectivity index (χ2n) is 5.02. The highest BCUT2D eigenvalue weighted by Crippen LogP contribution is 2.10. The molecule has 9 heteroatoms. The molecular formula is C12H21N3O4S2. The average Bonchev–Trinajstić information content (AvgIpc) is 2.35. The highest BCUT2D eigenvalue weighted by atomic mass is 32.2. The van der Waals surface area contributed by atoms with Gasteiger partial charge < -0.3 is 5.73 Å². The van der Waals surface area contributed by atoms with Gasteiger partial charge in [-0.3, -0.25) is 0 Å². The van der Waals surface area contributed by atoms with Crippen LogP contribution in [0.3, 0.4) is 0 Å². The number of sulfonamides is 2. The Labute approximate surface area is 126 Å². The number of hydrazine groups is 1. The Morgan fingerprint density at radius 3 is 1.95 bits per heavy atom. The first kappa shape index (κ1) is 18.1. The lowest BCUT2D eigenvalue weighted by Crippen LogP contribution is -2.49. The van der Waals surface area contributed by atoms with E-state index in [4.69, 9.17) is 5.73 Å². The predicted molar refractivity (Wildman–Crippen MR) is 81.9 cm³/mol. The van der Waals surface area contributed by atoms with Gasteiger partial charge in [-0.15, -0.1) is 9.25 Å². The van der Waals surface area contributed by atoms with Gasteiger partial charge in [0.25, 0.3) is 0 Å². The molecular weight excluding hydrogens is 314 g/mol. The van der Waals surface area contributed by atoms with Crippen LogP contribution in [0.1, 0.15) is 25.0 Å². The van der Waals surface area contributed by atoms with Crippen molar-refractivity contribution < 1.29 is 16.8 Å². The van der Waals surface area contributed by atoms with Crippen LogP contribution in [0.4, 0.5) is 0 Å². The fourth-order valence-corrected chi connectivity index (χ4v) is 4.55. The molecule has 0 bridgehead atoms. The molecule has 0 aliphatic rings. The summed E-state index contributed by atoms with van der Waals surface area (Å²) in [5.41, 5.74) is 6.92. The Hall–Kier alpha value is -1.00. The van der Waals surface area contributed by atoms with Gasteiger partial charge in [-0.25, -0.2) is 16.8 Å². The van der Waals surface area contributed by atoms with Crippen LogP contribution in [-0.2, 0) is 32.3 Å². The lowest BCUT2D eigenvalue weighted by molar-refractivity contribution is 0.324. The molecule has 1 rings (SSSR count). The van der Waals surface area contributed by atoms with E-state index in [1.165, 1.54) is 0 Å². The number of nitrogens with one attached hydrogen (secondary N) is 1. The molecule has 0 fully saturated rings. The van der Waals surface area contributed by atoms with Crippen molar-refractivity contribution in [3.63, 3.8) is 0 Å². The second-order valence-corrected chi connectivity index (χ2v) is 8.58. The smallest absolute Gasteiger partial charge is 0.229 e. The average molecular weight is 335 g/mol. The number of nitrogens with zero attached hydrogens (tertiary/aromatic N) is 1. The molecule has 1 aromatic carbocycles. The Morgan fingerprint density at radius 2 is 1.57 bits per heavy atom. The maximum atomic E-state index is 12.1. The van der Waals surface area contributed by atoms with Gasteiger partial charge in [-0.1, -0.05) is 24.3 Å². The zero-order chi connectivity index (χ0) is 16.3. The highest BCUT2D eigenvalue weighted by molar-refractivity contribution is 7.91. The van der Waals surface area contributed by atoms with Crippen LogP contribution >= 0.6 is 0 Å². The van der Waals surface area contributed by atoms with E-state index in [9.17, 15) is 16.8 Å². The van der Waals surface area contributed by atoms with Gasteiger partial charge in [0.15, 0.2) is 0 Å². The largest absolute Gasteiger partial charge is 0.326 e. The molecule has 1 aromatic rings.